The van der Waals surface area contributed by atoms with Crippen LogP contribution in [0.25, 0.3) is 0 Å². The summed E-state index contributed by atoms with van der Waals surface area (Å²) < 4.78 is 0. The molecule has 8 nitrogen and oxygen atoms in total. The lowest BCUT2D eigenvalue weighted by atomic mass is 10.4. The van der Waals surface area contributed by atoms with E-state index < -0.39 is 5.97 Å². The number of rotatable bonds is 10. The minimum atomic E-state index is -0.948. The van der Waals surface area contributed by atoms with E-state index in [1.54, 1.807) is 0 Å². The molecule has 0 bridgehead atoms. The Morgan fingerprint density at radius 2 is 1.78 bits per heavy atom. The maximum absolute atomic E-state index is 11.9. The fraction of sp³-hybridized carbons (Fsp3) is 0.800. The van der Waals surface area contributed by atoms with Gasteiger partial charge in [-0.15, -0.1) is 0 Å². The average molecular weight is 337 g/mol. The van der Waals surface area contributed by atoms with Gasteiger partial charge in [0.15, 0.2) is 0 Å². The van der Waals surface area contributed by atoms with Crippen LogP contribution >= 0.6 is 0 Å². The summed E-state index contributed by atoms with van der Waals surface area (Å²) in [6.07, 6.45) is 2.28. The second-order valence-corrected chi connectivity index (χ2v) is 6.12. The number of carbonyl (C=O) groups excluding carboxylic acids is 2. The van der Waals surface area contributed by atoms with Crippen molar-refractivity contribution in [2.45, 2.75) is 31.7 Å². The predicted molar refractivity (Wildman–Crippen MR) is 86.0 cm³/mol. The maximum atomic E-state index is 11.9. The van der Waals surface area contributed by atoms with Crippen LogP contribution in [0.4, 0.5) is 0 Å². The van der Waals surface area contributed by atoms with E-state index in [2.05, 4.69) is 20.4 Å². The van der Waals surface area contributed by atoms with Gasteiger partial charge in [0, 0.05) is 32.1 Å². The topological polar surface area (TPSA) is 102 Å². The molecule has 132 valence electrons. The molecule has 23 heavy (non-hydrogen) atoms. The summed E-state index contributed by atoms with van der Waals surface area (Å²) in [6, 6.07) is 0.412. The van der Waals surface area contributed by atoms with Crippen LogP contribution in [0.5, 0.6) is 0 Å². The first-order valence-electron chi connectivity index (χ1n) is 8.02. The normalized spacial score (nSPS) is 18.1. The van der Waals surface area contributed by atoms with Crippen LogP contribution in [0, 0.1) is 0 Å². The number of aliphatic carboxylic acids is 1. The Balaban J connectivity index is 2.16. The number of carboxylic acids is 1. The number of carboxylic acid groups (broad SMARTS) is 1. The summed E-state index contributed by atoms with van der Waals surface area (Å²) in [7, 11) is 4.05. The summed E-state index contributed by atoms with van der Waals surface area (Å²) >= 11 is 0. The van der Waals surface area contributed by atoms with Gasteiger partial charge in [-0.1, -0.05) is 0 Å². The number of likely N-dealkylation sites (N-methyl/N-ethyl adjacent to an activating group) is 1. The summed E-state index contributed by atoms with van der Waals surface area (Å²) in [6.45, 7) is 2.62. The number of likely N-dealkylation sites (tertiary alicyclic amines) is 1. The minimum absolute atomic E-state index is 0.0750. The standard InChI is InChI=1S/C15H28N4O4/c1-18(2)10-12-4-3-9-19(12)11-14(21)17-7-5-13(20)16-8-6-15(22)23/h12H,3-11H2,1-2H3,(H,16,20)(H,17,21)(H,22,23)/i3+1,4+1,6+1,9+1,10+1,12+1,15+1,16+1,17+1. The Kier molecular flexibility index (Phi) is 8.57. The van der Waals surface area contributed by atoms with E-state index in [1.807, 2.05) is 14.1 Å². The van der Waals surface area contributed by atoms with Crippen molar-refractivity contribution in [1.82, 2.24) is 20.4 Å². The molecule has 0 aromatic heterocycles. The molecule has 0 aliphatic carbocycles. The molecule has 2 amide bonds. The lowest BCUT2D eigenvalue weighted by Gasteiger charge is -2.26. The van der Waals surface area contributed by atoms with Gasteiger partial charge in [0.25, 0.3) is 0 Å². The Bertz CT molecular complexity index is 414. The van der Waals surface area contributed by atoms with Crippen LogP contribution in [0.2, 0.25) is 0 Å². The van der Waals surface area contributed by atoms with Gasteiger partial charge in [-0.2, -0.15) is 0 Å². The van der Waals surface area contributed by atoms with Gasteiger partial charge in [0.1, 0.15) is 0 Å². The molecule has 1 rings (SSSR count). The summed E-state index contributed by atoms with van der Waals surface area (Å²) in [4.78, 5) is 38.0. The van der Waals surface area contributed by atoms with Gasteiger partial charge < -0.3 is 20.6 Å². The van der Waals surface area contributed by atoms with E-state index in [-0.39, 0.29) is 37.7 Å². The molecule has 1 unspecified atom stereocenters. The third-order valence-corrected chi connectivity index (χ3v) is 3.76. The number of nitrogens with zero attached hydrogens (tertiary/aromatic N) is 2. The highest BCUT2D eigenvalue weighted by Crippen LogP contribution is 2.16. The first-order chi connectivity index (χ1) is 10.9. The van der Waals surface area contributed by atoms with E-state index in [0.717, 1.165) is 25.9 Å². The van der Waals surface area contributed by atoms with E-state index in [9.17, 15) is 14.4 Å². The van der Waals surface area contributed by atoms with Crippen molar-refractivity contribution in [2.75, 3.05) is 46.8 Å². The number of nitrogens with one attached hydrogen (secondary N) is 2. The molecule has 8 heteroatoms. The molecular weight excluding hydrogens is 309 g/mol. The average Bonchev–Trinajstić information content (AvgIpc) is 2.84. The smallest absolute Gasteiger partial charge is 0.305 e. The SMILES string of the molecule is CN(C)[13CH2][13CH]1[13CH2][13CH2][13CH2]N1CC(=O)[15NH]CCC(=O)[15NH]C[13CH2][13C](=O)O. The molecule has 1 aliphatic heterocycles. The van der Waals surface area contributed by atoms with Crippen molar-refractivity contribution < 1.29 is 19.5 Å². The molecule has 1 saturated heterocycles. The van der Waals surface area contributed by atoms with Gasteiger partial charge in [-0.05, 0) is 33.5 Å². The van der Waals surface area contributed by atoms with Crippen LogP contribution in [0.15, 0.2) is 0 Å². The molecule has 1 heterocycles. The van der Waals surface area contributed by atoms with Gasteiger partial charge >= 0.3 is 5.97 Å². The first kappa shape index (κ1) is 19.4. The molecule has 0 radical (unpaired) electrons. The second kappa shape index (κ2) is 10.2. The third-order valence-electron chi connectivity index (χ3n) is 3.76. The molecule has 0 spiro atoms. The van der Waals surface area contributed by atoms with Crippen LogP contribution in [-0.2, 0) is 14.4 Å². The monoisotopic (exact) mass is 337 g/mol. The molecule has 0 aromatic carbocycles. The Hall–Kier alpha value is -1.67. The van der Waals surface area contributed by atoms with Crippen LogP contribution in [-0.4, -0.2) is 85.6 Å². The predicted octanol–water partition coefficient (Wildman–Crippen LogP) is -0.890. The van der Waals surface area contributed by atoms with Crippen molar-refractivity contribution in [3.63, 3.8) is 0 Å². The second-order valence-electron chi connectivity index (χ2n) is 6.12. The van der Waals surface area contributed by atoms with Gasteiger partial charge in [0.05, 0.1) is 13.0 Å². The molecule has 1 atom stereocenters. The van der Waals surface area contributed by atoms with E-state index in [1.165, 1.54) is 0 Å². The Labute approximate surface area is 137 Å². The van der Waals surface area contributed by atoms with E-state index >= 15 is 0 Å². The van der Waals surface area contributed by atoms with Gasteiger partial charge in [-0.3, -0.25) is 19.3 Å². The number of amides is 2. The molecule has 3 N–H and O–H groups in total. The van der Waals surface area contributed by atoms with Crippen molar-refractivity contribution in [3.05, 3.63) is 0 Å². The zero-order valence-corrected chi connectivity index (χ0v) is 14.0. The fourth-order valence-electron chi connectivity index (χ4n) is 2.68. The third kappa shape index (κ3) is 8.51. The molecule has 0 saturated carbocycles. The lowest BCUT2D eigenvalue weighted by Crippen LogP contribution is -2.44. The van der Waals surface area contributed by atoms with Crippen molar-refractivity contribution in [2.24, 2.45) is 0 Å². The minimum Gasteiger partial charge on any atom is -0.481 e. The zero-order chi connectivity index (χ0) is 17.2. The van der Waals surface area contributed by atoms with E-state index in [0.29, 0.717) is 12.6 Å². The summed E-state index contributed by atoms with van der Waals surface area (Å²) in [5, 5.41) is 13.7. The molecular formula is C15H28N4O4. The molecule has 0 aromatic rings. The van der Waals surface area contributed by atoms with Crippen molar-refractivity contribution in [3.8, 4) is 0 Å². The highest BCUT2D eigenvalue weighted by atomic mass is 16.5. The summed E-state index contributed by atoms with van der Waals surface area (Å²) in [5.41, 5.74) is 0. The van der Waals surface area contributed by atoms with Gasteiger partial charge in [0.2, 0.25) is 11.8 Å². The van der Waals surface area contributed by atoms with Crippen molar-refractivity contribution in [1.29, 1.82) is 0 Å². The lowest BCUT2D eigenvalue weighted by molar-refractivity contribution is -0.137. The Morgan fingerprint density at radius 1 is 1.13 bits per heavy atom. The number of carbonyl (C=O) groups is 3. The summed E-state index contributed by atoms with van der Waals surface area (Å²) in [5.74, 6) is -1.27. The van der Waals surface area contributed by atoms with Crippen LogP contribution in [0.3, 0.4) is 0 Å². The maximum Gasteiger partial charge on any atom is 0.305 e. The quantitative estimate of drug-likeness (QED) is 0.353. The highest BCUT2D eigenvalue weighted by molar-refractivity contribution is 5.80. The van der Waals surface area contributed by atoms with Crippen LogP contribution in [0.1, 0.15) is 25.7 Å². The van der Waals surface area contributed by atoms with Gasteiger partial charge in [-0.25, -0.2) is 0 Å². The number of hydrogen-bond donors (Lipinski definition) is 3. The van der Waals surface area contributed by atoms with E-state index in [4.69, 9.17) is 5.11 Å². The number of hydrogen-bond acceptors (Lipinski definition) is 5. The highest BCUT2D eigenvalue weighted by Gasteiger charge is 2.26. The Morgan fingerprint density at radius 3 is 2.43 bits per heavy atom. The first-order valence-corrected chi connectivity index (χ1v) is 8.02. The largest absolute Gasteiger partial charge is 0.481 e. The van der Waals surface area contributed by atoms with Crippen LogP contribution < -0.4 is 10.6 Å². The molecule has 1 fully saturated rings. The van der Waals surface area contributed by atoms with Crippen molar-refractivity contribution >= 4 is 17.8 Å². The molecule has 1 aliphatic rings. The zero-order valence-electron chi connectivity index (χ0n) is 14.0. The fourth-order valence-corrected chi connectivity index (χ4v) is 2.68.